The van der Waals surface area contributed by atoms with Crippen LogP contribution in [-0.4, -0.2) is 290 Å². The fourth-order valence-electron chi connectivity index (χ4n) is 10.3. The number of alkyl carbamates (subject to hydrolysis) is 1. The zero-order valence-electron chi connectivity index (χ0n) is 71.8. The van der Waals surface area contributed by atoms with Gasteiger partial charge in [-0.05, 0) is 155 Å². The van der Waals surface area contributed by atoms with Gasteiger partial charge in [0.05, 0.1) is 158 Å². The van der Waals surface area contributed by atoms with Crippen molar-refractivity contribution in [1.82, 2.24) is 21.3 Å². The first-order valence-electron chi connectivity index (χ1n) is 40.4. The second-order valence-corrected chi connectivity index (χ2v) is 31.1. The molecule has 0 aliphatic heterocycles. The number of Topliss-reactive ketones (excluding diaryl/α,β-unsaturated/α-hetero) is 2. The molecule has 34 nitrogen and oxygen atoms in total. The molecule has 0 spiro atoms. The summed E-state index contributed by atoms with van der Waals surface area (Å²) >= 11 is 0. The van der Waals surface area contributed by atoms with Gasteiger partial charge in [-0.25, -0.2) is 24.0 Å². The van der Waals surface area contributed by atoms with Crippen LogP contribution in [0.4, 0.5) is 4.79 Å². The number of carbonyl (C=O) groups excluding carboxylic acids is 9. The molecule has 0 aliphatic carbocycles. The molecule has 0 fully saturated rings. The summed E-state index contributed by atoms with van der Waals surface area (Å²) in [5.74, 6) is -3.77. The van der Waals surface area contributed by atoms with Gasteiger partial charge in [0.1, 0.15) is 51.5 Å². The van der Waals surface area contributed by atoms with Gasteiger partial charge < -0.3 is 116 Å². The van der Waals surface area contributed by atoms with E-state index in [0.717, 1.165) is 11.1 Å². The highest BCUT2D eigenvalue weighted by Gasteiger charge is 2.27. The number of aliphatic carboxylic acids is 1. The summed E-state index contributed by atoms with van der Waals surface area (Å²) in [6.45, 7) is 26.8. The molecule has 672 valence electrons. The van der Waals surface area contributed by atoms with E-state index in [-0.39, 0.29) is 227 Å². The number of ether oxygens (including phenoxy) is 19. The quantitative estimate of drug-likeness (QED) is 0.0219. The van der Waals surface area contributed by atoms with Crippen molar-refractivity contribution in [3.8, 4) is 17.2 Å². The first-order valence-corrected chi connectivity index (χ1v) is 40.4. The molecule has 3 aromatic rings. The number of hydrogen-bond donors (Lipinski definition) is 5. The largest absolute Gasteiger partial charge is 0.482 e. The molecule has 3 unspecified atom stereocenters. The fourth-order valence-corrected chi connectivity index (χ4v) is 10.3. The van der Waals surface area contributed by atoms with Crippen molar-refractivity contribution < 1.29 is 143 Å². The van der Waals surface area contributed by atoms with Crippen LogP contribution in [0.1, 0.15) is 138 Å². The minimum absolute atomic E-state index is 0.0103. The summed E-state index contributed by atoms with van der Waals surface area (Å²) in [6, 6.07) is 18.3. The van der Waals surface area contributed by atoms with Gasteiger partial charge in [0.2, 0.25) is 17.7 Å². The van der Waals surface area contributed by atoms with Gasteiger partial charge in [-0.2, -0.15) is 0 Å². The number of rotatable bonds is 68. The number of ketones is 2. The molecular weight excluding hydrogens is 1560 g/mol. The molecule has 3 aromatic carbocycles. The lowest BCUT2D eigenvalue weighted by Crippen LogP contribution is -2.42. The average molecular weight is 1690 g/mol. The summed E-state index contributed by atoms with van der Waals surface area (Å²) < 4.78 is 105. The van der Waals surface area contributed by atoms with Gasteiger partial charge in [-0.15, -0.1) is 0 Å². The Labute approximate surface area is 700 Å². The number of nitrogens with one attached hydrogen (secondary N) is 4. The van der Waals surface area contributed by atoms with Crippen molar-refractivity contribution in [3.63, 3.8) is 0 Å². The van der Waals surface area contributed by atoms with Gasteiger partial charge in [0.15, 0.2) is 25.6 Å². The minimum atomic E-state index is -1.20. The molecule has 3 rings (SSSR count). The van der Waals surface area contributed by atoms with E-state index in [9.17, 15) is 53.1 Å². The first-order chi connectivity index (χ1) is 56.6. The van der Waals surface area contributed by atoms with E-state index in [1.807, 2.05) is 0 Å². The molecule has 0 aromatic heterocycles. The third-order valence-corrected chi connectivity index (χ3v) is 15.7. The third-order valence-electron chi connectivity index (χ3n) is 15.7. The van der Waals surface area contributed by atoms with Crippen LogP contribution in [0.2, 0.25) is 0 Å². The van der Waals surface area contributed by atoms with E-state index in [4.69, 9.17) is 90.0 Å². The zero-order valence-corrected chi connectivity index (χ0v) is 71.8. The highest BCUT2D eigenvalue weighted by atomic mass is 16.6. The maximum absolute atomic E-state index is 13.6. The van der Waals surface area contributed by atoms with E-state index in [2.05, 4.69) is 21.3 Å². The van der Waals surface area contributed by atoms with Crippen molar-refractivity contribution >= 4 is 59.3 Å². The van der Waals surface area contributed by atoms with E-state index < -0.39 is 76.3 Å². The van der Waals surface area contributed by atoms with Crippen LogP contribution in [0.15, 0.2) is 72.8 Å². The summed E-state index contributed by atoms with van der Waals surface area (Å²) in [5.41, 5.74) is -0.401. The fraction of sp³-hybridized carbons (Fsp3) is 0.671. The Kier molecular flexibility index (Phi) is 53.5. The number of carbonyl (C=O) groups is 10. The summed E-state index contributed by atoms with van der Waals surface area (Å²) in [5, 5.41) is 20.6. The lowest BCUT2D eigenvalue weighted by Gasteiger charge is -2.20. The third kappa shape index (κ3) is 58.9. The van der Waals surface area contributed by atoms with E-state index in [1.54, 1.807) is 156 Å². The van der Waals surface area contributed by atoms with Crippen LogP contribution in [-0.2, 0) is 138 Å². The van der Waals surface area contributed by atoms with Crippen LogP contribution in [0.3, 0.4) is 0 Å². The predicted octanol–water partition coefficient (Wildman–Crippen LogP) is 6.87. The number of benzene rings is 3. The van der Waals surface area contributed by atoms with Gasteiger partial charge in [0.25, 0.3) is 0 Å². The van der Waals surface area contributed by atoms with Gasteiger partial charge >= 0.3 is 30.0 Å². The molecule has 0 heterocycles. The summed E-state index contributed by atoms with van der Waals surface area (Å²) in [4.78, 5) is 126. The number of hydrogen-bond acceptors (Lipinski definition) is 29. The molecule has 3 atom stereocenters. The van der Waals surface area contributed by atoms with E-state index >= 15 is 0 Å². The molecule has 0 aliphatic rings. The van der Waals surface area contributed by atoms with Crippen LogP contribution in [0, 0.1) is 5.92 Å². The van der Waals surface area contributed by atoms with Gasteiger partial charge in [-0.3, -0.25) is 24.0 Å². The Balaban J connectivity index is 1.30. The monoisotopic (exact) mass is 1690 g/mol. The highest BCUT2D eigenvalue weighted by Crippen LogP contribution is 2.21. The number of carboxylic acids is 1. The van der Waals surface area contributed by atoms with Crippen LogP contribution in [0.25, 0.3) is 0 Å². The van der Waals surface area contributed by atoms with Crippen molar-refractivity contribution in [3.05, 3.63) is 89.5 Å². The van der Waals surface area contributed by atoms with E-state index in [1.165, 1.54) is 0 Å². The molecule has 4 amide bonds. The zero-order chi connectivity index (χ0) is 87.6. The molecular formula is C85H132N4O30. The van der Waals surface area contributed by atoms with Crippen molar-refractivity contribution in [2.45, 2.75) is 175 Å². The Morgan fingerprint density at radius 3 is 0.966 bits per heavy atom. The Bertz CT molecular complexity index is 3350. The minimum Gasteiger partial charge on any atom is -0.482 e. The molecule has 0 saturated heterocycles. The van der Waals surface area contributed by atoms with Crippen LogP contribution in [0.5, 0.6) is 17.2 Å². The molecule has 0 bridgehead atoms. The number of esters is 3. The Morgan fingerprint density at radius 1 is 0.328 bits per heavy atom. The lowest BCUT2D eigenvalue weighted by atomic mass is 9.92. The van der Waals surface area contributed by atoms with Crippen LogP contribution < -0.4 is 35.5 Å². The molecule has 0 saturated carbocycles. The summed E-state index contributed by atoms with van der Waals surface area (Å²) in [6.07, 6.45) is 0.442. The van der Waals surface area contributed by atoms with Crippen molar-refractivity contribution in [2.75, 3.05) is 191 Å². The number of amides is 4. The van der Waals surface area contributed by atoms with Gasteiger partial charge in [-0.1, -0.05) is 36.4 Å². The predicted molar refractivity (Wildman–Crippen MR) is 434 cm³/mol. The molecule has 119 heavy (non-hydrogen) atoms. The molecule has 0 radical (unpaired) electrons. The normalized spacial score (nSPS) is 12.5. The second-order valence-electron chi connectivity index (χ2n) is 31.1. The lowest BCUT2D eigenvalue weighted by molar-refractivity contribution is -0.158. The van der Waals surface area contributed by atoms with Crippen molar-refractivity contribution in [2.24, 2.45) is 5.92 Å². The standard InChI is InChI=1S/C85H132N4O30/c1-82(2,3)116-76(94)60-113-68-21-15-63(16-22-68)56-66(79(97)86-30-36-105-42-48-111-54-52-110-47-41-104-35-29-75(93)89-72(80(98)99)58-65-19-25-70(26-20-65)115-62-78(96)118-84(7,8)9)59-67(90)27-33-102-39-45-108-51-50-107-44-38-101-32-13-14-73(91)71(57-64-17-23-69(24-18-64)114-61-77(95)117-83(4,5)6)88-74(92)28-34-103-40-46-109-53-55-112-49-43-106-37-31-87-81(100)119-85(10,11)12/h15-26,66,71-72H,13-14,27-62H2,1-12H3,(H,86,97)(H,87,100)(H,88,92)(H,89,93)(H,98,99). The highest BCUT2D eigenvalue weighted by molar-refractivity contribution is 5.89. The average Bonchev–Trinajstić information content (AvgIpc) is 0.882. The molecule has 5 N–H and O–H groups in total. The topological polar surface area (TPSA) is 414 Å². The second kappa shape index (κ2) is 60.9. The number of carboxylic acid groups (broad SMARTS) is 1. The molecule has 34 heteroatoms. The maximum Gasteiger partial charge on any atom is 0.407 e. The van der Waals surface area contributed by atoms with Gasteiger partial charge in [0, 0.05) is 64.1 Å². The smallest absolute Gasteiger partial charge is 0.407 e. The van der Waals surface area contributed by atoms with Crippen LogP contribution >= 0.6 is 0 Å². The maximum atomic E-state index is 13.6. The Hall–Kier alpha value is -8.52. The first kappa shape index (κ1) is 105. The van der Waals surface area contributed by atoms with Crippen molar-refractivity contribution in [1.29, 1.82) is 0 Å². The van der Waals surface area contributed by atoms with E-state index in [0.29, 0.717) is 68.8 Å². The Morgan fingerprint density at radius 2 is 0.622 bits per heavy atom. The SMILES string of the molecule is CC(C)(C)OC(=O)COc1ccc(CC(CC(=O)CCOCCOCCOCCOCCCC(=O)C(Cc2ccc(OCC(=O)OC(C)(C)C)cc2)NC(=O)CCOCCOCCOCCOCCNC(=O)OC(C)(C)C)C(=O)NCCOCCOCCOCCOCCC(=O)NC(Cc2ccc(OCC(=O)OC(C)(C)C)cc2)C(=O)O)cc1. The summed E-state index contributed by atoms with van der Waals surface area (Å²) in [7, 11) is 0.